The molecule has 1 heterocycles. The molecule has 122 valence electrons. The summed E-state index contributed by atoms with van der Waals surface area (Å²) in [6, 6.07) is 15.8. The van der Waals surface area contributed by atoms with E-state index in [1.807, 2.05) is 37.3 Å². The third-order valence-corrected chi connectivity index (χ3v) is 5.65. The molecule has 0 radical (unpaired) electrons. The minimum atomic E-state index is -0.153. The van der Waals surface area contributed by atoms with Crippen molar-refractivity contribution in [3.8, 4) is 0 Å². The molecule has 1 amide bonds. The molecule has 0 spiro atoms. The quantitative estimate of drug-likeness (QED) is 0.532. The Kier molecular flexibility index (Phi) is 5.27. The molecule has 0 aliphatic carbocycles. The molecule has 1 N–H and O–H groups in total. The van der Waals surface area contributed by atoms with Crippen molar-refractivity contribution in [2.24, 2.45) is 0 Å². The smallest absolute Gasteiger partial charge is 0.257 e. The normalized spacial score (nSPS) is 10.6. The number of aromatic nitrogens is 2. The van der Waals surface area contributed by atoms with Crippen LogP contribution in [-0.2, 0) is 5.75 Å². The van der Waals surface area contributed by atoms with Crippen LogP contribution in [0.4, 0.5) is 5.13 Å². The number of thioether (sulfide) groups is 1. The highest BCUT2D eigenvalue weighted by Crippen LogP contribution is 2.29. The molecule has 0 unspecified atom stereocenters. The van der Waals surface area contributed by atoms with Gasteiger partial charge in [-0.1, -0.05) is 65.6 Å². The zero-order valence-corrected chi connectivity index (χ0v) is 15.1. The van der Waals surface area contributed by atoms with Gasteiger partial charge in [0.25, 0.3) is 5.91 Å². The van der Waals surface area contributed by atoms with Gasteiger partial charge in [-0.15, -0.1) is 10.2 Å². The number of carbonyl (C=O) groups excluding carboxylic acids is 1. The first-order valence-corrected chi connectivity index (χ1v) is 9.31. The van der Waals surface area contributed by atoms with Crippen LogP contribution in [0.5, 0.6) is 0 Å². The molecule has 0 atom stereocenters. The molecule has 0 fully saturated rings. The van der Waals surface area contributed by atoms with E-state index in [1.54, 1.807) is 17.8 Å². The van der Waals surface area contributed by atoms with Gasteiger partial charge in [0.05, 0.1) is 0 Å². The molecular weight excluding hydrogens is 338 g/mol. The Hall–Kier alpha value is -2.18. The van der Waals surface area contributed by atoms with Gasteiger partial charge in [-0.2, -0.15) is 0 Å². The molecule has 0 saturated carbocycles. The van der Waals surface area contributed by atoms with Crippen molar-refractivity contribution < 1.29 is 4.79 Å². The fraction of sp³-hybridized carbons (Fsp3) is 0.167. The molecule has 3 rings (SSSR count). The van der Waals surface area contributed by atoms with Crippen LogP contribution in [0, 0.1) is 13.8 Å². The molecule has 4 nitrogen and oxygen atoms in total. The zero-order chi connectivity index (χ0) is 16.9. The molecule has 3 aromatic rings. The average Bonchev–Trinajstić information content (AvgIpc) is 3.02. The molecule has 0 aliphatic heterocycles. The minimum absolute atomic E-state index is 0.153. The van der Waals surface area contributed by atoms with Gasteiger partial charge in [0, 0.05) is 11.3 Å². The maximum atomic E-state index is 12.3. The van der Waals surface area contributed by atoms with Gasteiger partial charge in [-0.05, 0) is 36.6 Å². The summed E-state index contributed by atoms with van der Waals surface area (Å²) in [7, 11) is 0. The summed E-state index contributed by atoms with van der Waals surface area (Å²) in [4.78, 5) is 12.3. The van der Waals surface area contributed by atoms with Crippen LogP contribution in [0.25, 0.3) is 0 Å². The lowest BCUT2D eigenvalue weighted by molar-refractivity contribution is 0.102. The number of nitrogens with zero attached hydrogens (tertiary/aromatic N) is 2. The maximum Gasteiger partial charge on any atom is 0.257 e. The Morgan fingerprint density at radius 2 is 1.75 bits per heavy atom. The highest BCUT2D eigenvalue weighted by atomic mass is 32.2. The Balaban J connectivity index is 1.63. The van der Waals surface area contributed by atoms with Gasteiger partial charge < -0.3 is 0 Å². The van der Waals surface area contributed by atoms with E-state index in [1.165, 1.54) is 22.5 Å². The van der Waals surface area contributed by atoms with Gasteiger partial charge in [0.15, 0.2) is 4.34 Å². The number of nitrogens with one attached hydrogen (secondary N) is 1. The summed E-state index contributed by atoms with van der Waals surface area (Å²) in [6.07, 6.45) is 0. The van der Waals surface area contributed by atoms with E-state index in [-0.39, 0.29) is 5.91 Å². The van der Waals surface area contributed by atoms with Crippen molar-refractivity contribution in [3.05, 3.63) is 70.8 Å². The summed E-state index contributed by atoms with van der Waals surface area (Å²) < 4.78 is 0.846. The number of aryl methyl sites for hydroxylation is 2. The van der Waals surface area contributed by atoms with E-state index in [9.17, 15) is 4.79 Å². The first kappa shape index (κ1) is 16.7. The first-order valence-electron chi connectivity index (χ1n) is 7.51. The van der Waals surface area contributed by atoms with Gasteiger partial charge in [-0.25, -0.2) is 0 Å². The predicted molar refractivity (Wildman–Crippen MR) is 99.8 cm³/mol. The number of benzene rings is 2. The second-order valence-electron chi connectivity index (χ2n) is 5.36. The Labute approximate surface area is 149 Å². The van der Waals surface area contributed by atoms with E-state index in [4.69, 9.17) is 0 Å². The fourth-order valence-electron chi connectivity index (χ4n) is 2.22. The van der Waals surface area contributed by atoms with Gasteiger partial charge >= 0.3 is 0 Å². The molecular formula is C18H17N3OS2. The number of rotatable bonds is 5. The van der Waals surface area contributed by atoms with Crippen molar-refractivity contribution in [3.63, 3.8) is 0 Å². The third kappa shape index (κ3) is 4.01. The average molecular weight is 355 g/mol. The summed E-state index contributed by atoms with van der Waals surface area (Å²) in [5, 5.41) is 11.6. The van der Waals surface area contributed by atoms with Crippen LogP contribution < -0.4 is 5.32 Å². The van der Waals surface area contributed by atoms with E-state index in [0.717, 1.165) is 15.7 Å². The topological polar surface area (TPSA) is 54.9 Å². The van der Waals surface area contributed by atoms with E-state index in [2.05, 4.69) is 34.6 Å². The summed E-state index contributed by atoms with van der Waals surface area (Å²) in [5.74, 6) is 0.687. The van der Waals surface area contributed by atoms with Crippen molar-refractivity contribution in [2.45, 2.75) is 23.9 Å². The lowest BCUT2D eigenvalue weighted by Crippen LogP contribution is -2.12. The van der Waals surface area contributed by atoms with E-state index >= 15 is 0 Å². The number of anilines is 1. The second-order valence-corrected chi connectivity index (χ2v) is 7.56. The molecule has 0 aliphatic rings. The largest absolute Gasteiger partial charge is 0.296 e. The number of hydrogen-bond acceptors (Lipinski definition) is 5. The Bertz CT molecular complexity index is 861. The van der Waals surface area contributed by atoms with Crippen LogP contribution >= 0.6 is 23.1 Å². The zero-order valence-electron chi connectivity index (χ0n) is 13.4. The van der Waals surface area contributed by atoms with Crippen LogP contribution in [-0.4, -0.2) is 16.1 Å². The number of amides is 1. The van der Waals surface area contributed by atoms with E-state index < -0.39 is 0 Å². The summed E-state index contributed by atoms with van der Waals surface area (Å²) >= 11 is 3.02. The molecule has 2 aromatic carbocycles. The summed E-state index contributed by atoms with van der Waals surface area (Å²) in [6.45, 7) is 4.02. The van der Waals surface area contributed by atoms with Gasteiger partial charge in [0.1, 0.15) is 0 Å². The highest BCUT2D eigenvalue weighted by Gasteiger charge is 2.12. The van der Waals surface area contributed by atoms with Gasteiger partial charge in [0.2, 0.25) is 5.13 Å². The number of hydrogen-bond donors (Lipinski definition) is 1. The fourth-order valence-corrected chi connectivity index (χ4v) is 4.05. The lowest BCUT2D eigenvalue weighted by Gasteiger charge is -2.04. The maximum absolute atomic E-state index is 12.3. The highest BCUT2D eigenvalue weighted by molar-refractivity contribution is 8.00. The van der Waals surface area contributed by atoms with E-state index in [0.29, 0.717) is 10.7 Å². The van der Waals surface area contributed by atoms with Crippen molar-refractivity contribution in [1.82, 2.24) is 10.2 Å². The first-order chi connectivity index (χ1) is 11.6. The Morgan fingerprint density at radius 1 is 1.04 bits per heavy atom. The number of carbonyl (C=O) groups is 1. The van der Waals surface area contributed by atoms with Crippen molar-refractivity contribution in [1.29, 1.82) is 0 Å². The molecule has 0 bridgehead atoms. The van der Waals surface area contributed by atoms with Crippen LogP contribution in [0.1, 0.15) is 27.0 Å². The molecule has 1 aromatic heterocycles. The van der Waals surface area contributed by atoms with Crippen molar-refractivity contribution in [2.75, 3.05) is 5.32 Å². The molecule has 24 heavy (non-hydrogen) atoms. The monoisotopic (exact) mass is 355 g/mol. The minimum Gasteiger partial charge on any atom is -0.296 e. The standard InChI is InChI=1S/C18H17N3OS2/c1-12-7-3-5-9-14(12)11-23-18-21-20-17(24-18)19-16(22)15-10-6-4-8-13(15)2/h3-10H,11H2,1-2H3,(H,19,20,22). The SMILES string of the molecule is Cc1ccccc1CSc1nnc(NC(=O)c2ccccc2C)s1. The predicted octanol–water partition coefficient (Wildman–Crippen LogP) is 4.70. The Morgan fingerprint density at radius 3 is 2.50 bits per heavy atom. The second kappa shape index (κ2) is 7.59. The third-order valence-electron chi connectivity index (χ3n) is 3.63. The molecule has 0 saturated heterocycles. The lowest BCUT2D eigenvalue weighted by atomic mass is 10.1. The molecule has 6 heteroatoms. The summed E-state index contributed by atoms with van der Waals surface area (Å²) in [5.41, 5.74) is 4.14. The van der Waals surface area contributed by atoms with Crippen LogP contribution in [0.2, 0.25) is 0 Å². The van der Waals surface area contributed by atoms with Crippen LogP contribution in [0.3, 0.4) is 0 Å². The van der Waals surface area contributed by atoms with Crippen molar-refractivity contribution >= 4 is 34.1 Å². The van der Waals surface area contributed by atoms with Gasteiger partial charge in [-0.3, -0.25) is 10.1 Å². The van der Waals surface area contributed by atoms with Crippen LogP contribution in [0.15, 0.2) is 52.9 Å².